The molecule has 1 N–H and O–H groups in total. The average molecular weight is 337 g/mol. The standard InChI is InChI=1S/C15H14ClFN4O2/c16-10-7-18-14(19-8-10)23-13-5-6-21(9-13)15(22)20-12-3-1-11(17)2-4-12/h1-4,7-8,13H,5-6,9H2,(H,20,22)/t13-/m1/s1. The van der Waals surface area contributed by atoms with Crippen LogP contribution in [0.2, 0.25) is 5.02 Å². The highest BCUT2D eigenvalue weighted by Gasteiger charge is 2.28. The lowest BCUT2D eigenvalue weighted by molar-refractivity contribution is 0.184. The molecule has 1 aliphatic heterocycles. The smallest absolute Gasteiger partial charge is 0.321 e. The summed E-state index contributed by atoms with van der Waals surface area (Å²) < 4.78 is 18.5. The van der Waals surface area contributed by atoms with Gasteiger partial charge in [-0.15, -0.1) is 0 Å². The van der Waals surface area contributed by atoms with Crippen LogP contribution in [0.3, 0.4) is 0 Å². The van der Waals surface area contributed by atoms with E-state index in [-0.39, 0.29) is 24.0 Å². The molecule has 0 unspecified atom stereocenters. The van der Waals surface area contributed by atoms with E-state index in [1.807, 2.05) is 0 Å². The van der Waals surface area contributed by atoms with Gasteiger partial charge < -0.3 is 15.0 Å². The molecule has 2 heterocycles. The van der Waals surface area contributed by atoms with E-state index in [0.717, 1.165) is 0 Å². The lowest BCUT2D eigenvalue weighted by atomic mass is 10.3. The van der Waals surface area contributed by atoms with E-state index in [2.05, 4.69) is 15.3 Å². The van der Waals surface area contributed by atoms with Gasteiger partial charge in [0.1, 0.15) is 11.9 Å². The molecule has 1 aromatic carbocycles. The van der Waals surface area contributed by atoms with Crippen molar-refractivity contribution in [3.05, 3.63) is 47.5 Å². The monoisotopic (exact) mass is 336 g/mol. The normalized spacial score (nSPS) is 17.1. The number of likely N-dealkylation sites (tertiary alicyclic amines) is 1. The van der Waals surface area contributed by atoms with Crippen LogP contribution in [0, 0.1) is 5.82 Å². The van der Waals surface area contributed by atoms with Gasteiger partial charge in [-0.3, -0.25) is 0 Å². The molecule has 1 fully saturated rings. The van der Waals surface area contributed by atoms with Gasteiger partial charge in [-0.1, -0.05) is 11.6 Å². The number of nitrogens with one attached hydrogen (secondary N) is 1. The van der Waals surface area contributed by atoms with Gasteiger partial charge in [-0.2, -0.15) is 0 Å². The maximum absolute atomic E-state index is 12.8. The minimum absolute atomic E-state index is 0.171. The van der Waals surface area contributed by atoms with Crippen LogP contribution in [0.5, 0.6) is 6.01 Å². The summed E-state index contributed by atoms with van der Waals surface area (Å²) in [4.78, 5) is 21.7. The van der Waals surface area contributed by atoms with E-state index in [9.17, 15) is 9.18 Å². The Bertz CT molecular complexity index is 681. The summed E-state index contributed by atoms with van der Waals surface area (Å²) in [6, 6.07) is 5.60. The van der Waals surface area contributed by atoms with Crippen molar-refractivity contribution in [1.29, 1.82) is 0 Å². The molecule has 6 nitrogen and oxygen atoms in total. The van der Waals surface area contributed by atoms with Gasteiger partial charge >= 0.3 is 12.0 Å². The number of carbonyl (C=O) groups is 1. The van der Waals surface area contributed by atoms with Crippen LogP contribution in [0.4, 0.5) is 14.9 Å². The highest BCUT2D eigenvalue weighted by atomic mass is 35.5. The van der Waals surface area contributed by atoms with Crippen LogP contribution in [-0.4, -0.2) is 40.1 Å². The van der Waals surface area contributed by atoms with Crippen molar-refractivity contribution in [3.8, 4) is 6.01 Å². The fourth-order valence-electron chi connectivity index (χ4n) is 2.25. The number of carbonyl (C=O) groups excluding carboxylic acids is 1. The Labute approximate surface area is 137 Å². The number of halogens is 2. The van der Waals surface area contributed by atoms with Crippen LogP contribution < -0.4 is 10.1 Å². The fourth-order valence-corrected chi connectivity index (χ4v) is 2.35. The van der Waals surface area contributed by atoms with Crippen LogP contribution in [0.25, 0.3) is 0 Å². The van der Waals surface area contributed by atoms with Crippen molar-refractivity contribution in [2.75, 3.05) is 18.4 Å². The SMILES string of the molecule is O=C(Nc1ccc(F)cc1)N1CC[C@@H](Oc2ncc(Cl)cn2)C1. The third kappa shape index (κ3) is 4.07. The summed E-state index contributed by atoms with van der Waals surface area (Å²) in [5, 5.41) is 3.15. The number of ether oxygens (including phenoxy) is 1. The van der Waals surface area contributed by atoms with E-state index in [1.54, 1.807) is 4.90 Å². The zero-order valence-corrected chi connectivity index (χ0v) is 12.8. The molecule has 2 aromatic rings. The largest absolute Gasteiger partial charge is 0.458 e. The Morgan fingerprint density at radius 1 is 1.30 bits per heavy atom. The molecule has 0 saturated carbocycles. The predicted octanol–water partition coefficient (Wildman–Crippen LogP) is 2.95. The summed E-state index contributed by atoms with van der Waals surface area (Å²) in [6.45, 7) is 0.990. The molecular formula is C15H14ClFN4O2. The third-order valence-corrected chi connectivity index (χ3v) is 3.59. The molecule has 1 aliphatic rings. The number of benzene rings is 1. The van der Waals surface area contributed by atoms with Gasteiger partial charge in [0.25, 0.3) is 0 Å². The number of anilines is 1. The molecule has 1 saturated heterocycles. The molecule has 1 aromatic heterocycles. The summed E-state index contributed by atoms with van der Waals surface area (Å²) >= 11 is 5.71. The van der Waals surface area contributed by atoms with Gasteiger partial charge in [0, 0.05) is 18.7 Å². The van der Waals surface area contributed by atoms with Crippen molar-refractivity contribution in [2.45, 2.75) is 12.5 Å². The predicted molar refractivity (Wildman–Crippen MR) is 83.1 cm³/mol. The van der Waals surface area contributed by atoms with Crippen LogP contribution in [-0.2, 0) is 0 Å². The molecule has 0 bridgehead atoms. The van der Waals surface area contributed by atoms with Gasteiger partial charge in [0.15, 0.2) is 0 Å². The molecule has 120 valence electrons. The minimum atomic E-state index is -0.347. The van der Waals surface area contributed by atoms with Crippen LogP contribution >= 0.6 is 11.6 Å². The fraction of sp³-hybridized carbons (Fsp3) is 0.267. The number of rotatable bonds is 3. The topological polar surface area (TPSA) is 67.4 Å². The van der Waals surface area contributed by atoms with Gasteiger partial charge in [-0.05, 0) is 24.3 Å². The lowest BCUT2D eigenvalue weighted by Gasteiger charge is -2.17. The molecule has 3 rings (SSSR count). The molecular weight excluding hydrogens is 323 g/mol. The van der Waals surface area contributed by atoms with Crippen molar-refractivity contribution in [2.24, 2.45) is 0 Å². The Hall–Kier alpha value is -2.41. The molecule has 0 aliphatic carbocycles. The Morgan fingerprint density at radius 3 is 2.70 bits per heavy atom. The molecule has 0 spiro atoms. The summed E-state index contributed by atoms with van der Waals surface area (Å²) in [6.07, 6.45) is 3.42. The van der Waals surface area contributed by atoms with E-state index in [1.165, 1.54) is 36.7 Å². The van der Waals surface area contributed by atoms with Crippen LogP contribution in [0.1, 0.15) is 6.42 Å². The Morgan fingerprint density at radius 2 is 2.00 bits per heavy atom. The van der Waals surface area contributed by atoms with E-state index in [0.29, 0.717) is 30.2 Å². The molecule has 0 radical (unpaired) electrons. The minimum Gasteiger partial charge on any atom is -0.458 e. The maximum atomic E-state index is 12.8. The van der Waals surface area contributed by atoms with Gasteiger partial charge in [-0.25, -0.2) is 19.2 Å². The molecule has 23 heavy (non-hydrogen) atoms. The quantitative estimate of drug-likeness (QED) is 0.935. The second-order valence-electron chi connectivity index (χ2n) is 5.10. The van der Waals surface area contributed by atoms with Gasteiger partial charge in [0.2, 0.25) is 0 Å². The zero-order chi connectivity index (χ0) is 16.2. The first-order chi connectivity index (χ1) is 11.1. The summed E-state index contributed by atoms with van der Waals surface area (Å²) in [7, 11) is 0. The molecule has 1 atom stereocenters. The van der Waals surface area contributed by atoms with Crippen LogP contribution in [0.15, 0.2) is 36.7 Å². The third-order valence-electron chi connectivity index (χ3n) is 3.40. The Balaban J connectivity index is 1.53. The van der Waals surface area contributed by atoms with E-state index < -0.39 is 0 Å². The number of aromatic nitrogens is 2. The van der Waals surface area contributed by atoms with Gasteiger partial charge in [0.05, 0.1) is 24.0 Å². The number of nitrogens with zero attached hydrogens (tertiary/aromatic N) is 3. The number of hydrogen-bond donors (Lipinski definition) is 1. The number of hydrogen-bond acceptors (Lipinski definition) is 4. The highest BCUT2D eigenvalue weighted by molar-refractivity contribution is 6.30. The Kier molecular flexibility index (Phi) is 4.57. The first kappa shape index (κ1) is 15.5. The second kappa shape index (κ2) is 6.78. The maximum Gasteiger partial charge on any atom is 0.321 e. The number of urea groups is 1. The van der Waals surface area contributed by atoms with Crippen molar-refractivity contribution < 1.29 is 13.9 Å². The summed E-state index contributed by atoms with van der Waals surface area (Å²) in [5.41, 5.74) is 0.543. The van der Waals surface area contributed by atoms with E-state index >= 15 is 0 Å². The number of amides is 2. The average Bonchev–Trinajstić information content (AvgIpc) is 3.00. The van der Waals surface area contributed by atoms with E-state index in [4.69, 9.17) is 16.3 Å². The first-order valence-corrected chi connectivity index (χ1v) is 7.43. The van der Waals surface area contributed by atoms with Crippen molar-refractivity contribution in [1.82, 2.24) is 14.9 Å². The lowest BCUT2D eigenvalue weighted by Crippen LogP contribution is -2.34. The van der Waals surface area contributed by atoms with Crippen molar-refractivity contribution in [3.63, 3.8) is 0 Å². The molecule has 8 heteroatoms. The zero-order valence-electron chi connectivity index (χ0n) is 12.1. The highest BCUT2D eigenvalue weighted by Crippen LogP contribution is 2.17. The summed E-state index contributed by atoms with van der Waals surface area (Å²) in [5.74, 6) is -0.347. The van der Waals surface area contributed by atoms with Crippen molar-refractivity contribution >= 4 is 23.3 Å². The second-order valence-corrected chi connectivity index (χ2v) is 5.53. The molecule has 2 amide bonds. The first-order valence-electron chi connectivity index (χ1n) is 7.06.